The summed E-state index contributed by atoms with van der Waals surface area (Å²) in [4.78, 5) is 13.1. The van der Waals surface area contributed by atoms with Crippen molar-refractivity contribution in [3.05, 3.63) is 0 Å². The predicted octanol–water partition coefficient (Wildman–Crippen LogP) is -7.67. The zero-order valence-corrected chi connectivity index (χ0v) is 25.3. The van der Waals surface area contributed by atoms with Crippen LogP contribution in [-0.4, -0.2) is 165 Å². The first kappa shape index (κ1) is 36.7. The first-order valence-electron chi connectivity index (χ1n) is 15.6. The molecule has 0 aromatic heterocycles. The average Bonchev–Trinajstić information content (AvgIpc) is 2.96. The molecule has 2 saturated carbocycles. The fourth-order valence-electron chi connectivity index (χ4n) is 6.93. The largest absolute Gasteiger partial charge is 0.394 e. The molecule has 4 aliphatic rings. The molecule has 45 heavy (non-hydrogen) atoms. The van der Waals surface area contributed by atoms with Gasteiger partial charge in [-0.05, 0) is 25.8 Å². The highest BCUT2D eigenvalue weighted by molar-refractivity contribution is 5.86. The molecule has 262 valence electrons. The summed E-state index contributed by atoms with van der Waals surface area (Å²) in [6.07, 6.45) is -11.2. The number of rotatable bonds is 12. The Kier molecular flexibility index (Phi) is 12.5. The number of nitrogens with two attached hydrogens (primary N) is 5. The summed E-state index contributed by atoms with van der Waals surface area (Å²) in [5.74, 6) is -1.63. The first-order valence-corrected chi connectivity index (χ1v) is 15.6. The number of aliphatic hydroxyl groups is 7. The van der Waals surface area contributed by atoms with E-state index in [1.165, 1.54) is 0 Å². The molecule has 2 heterocycles. The predicted molar refractivity (Wildman–Crippen MR) is 157 cm³/mol. The number of amides is 1. The highest BCUT2D eigenvalue weighted by Crippen LogP contribution is 2.38. The number of carbonyl (C=O) groups excluding carboxylic acids is 1. The van der Waals surface area contributed by atoms with Crippen molar-refractivity contribution in [2.24, 2.45) is 34.6 Å². The van der Waals surface area contributed by atoms with Gasteiger partial charge < -0.3 is 89.3 Å². The summed E-state index contributed by atoms with van der Waals surface area (Å²) in [7, 11) is 0. The normalized spacial score (nSPS) is 48.0. The third kappa shape index (κ3) is 8.11. The molecule has 4 fully saturated rings. The van der Waals surface area contributed by atoms with E-state index in [9.17, 15) is 40.5 Å². The van der Waals surface area contributed by atoms with Gasteiger partial charge in [-0.15, -0.1) is 0 Å². The molecule has 18 nitrogen and oxygen atoms in total. The number of carbonyl (C=O) groups is 1. The molecule has 2 aliphatic heterocycles. The van der Waals surface area contributed by atoms with Crippen LogP contribution in [-0.2, 0) is 19.0 Å². The van der Waals surface area contributed by atoms with Crippen LogP contribution in [0.2, 0.25) is 0 Å². The van der Waals surface area contributed by atoms with Gasteiger partial charge in [-0.2, -0.15) is 0 Å². The number of hydrogen-bond donors (Lipinski definition) is 14. The van der Waals surface area contributed by atoms with Crippen LogP contribution < -0.4 is 39.3 Å². The van der Waals surface area contributed by atoms with Crippen LogP contribution in [0.5, 0.6) is 0 Å². The van der Waals surface area contributed by atoms with E-state index in [0.29, 0.717) is 13.0 Å². The fraction of sp³-hybridized carbons (Fsp3) is 0.963. The molecule has 1 amide bonds. The summed E-state index contributed by atoms with van der Waals surface area (Å²) < 4.78 is 17.9. The zero-order chi connectivity index (χ0) is 33.2. The summed E-state index contributed by atoms with van der Waals surface area (Å²) >= 11 is 0. The maximum Gasteiger partial charge on any atom is 0.252 e. The Bertz CT molecular complexity index is 966. The summed E-state index contributed by atoms with van der Waals surface area (Å²) in [6, 6.07) is -4.19. The molecule has 18 heteroatoms. The minimum Gasteiger partial charge on any atom is -0.394 e. The van der Waals surface area contributed by atoms with Crippen molar-refractivity contribution in [1.82, 2.24) is 10.6 Å². The maximum absolute atomic E-state index is 13.1. The van der Waals surface area contributed by atoms with Gasteiger partial charge in [0.25, 0.3) is 5.91 Å². The molecule has 2 saturated heterocycles. The van der Waals surface area contributed by atoms with Crippen molar-refractivity contribution >= 4 is 5.91 Å². The monoisotopic (exact) mass is 651 g/mol. The Morgan fingerprint density at radius 1 is 0.978 bits per heavy atom. The number of hydrogen-bond acceptors (Lipinski definition) is 17. The Labute approximate surface area is 261 Å². The highest BCUT2D eigenvalue weighted by atomic mass is 16.7. The van der Waals surface area contributed by atoms with E-state index < -0.39 is 109 Å². The smallest absolute Gasteiger partial charge is 0.252 e. The lowest BCUT2D eigenvalue weighted by Crippen LogP contribution is -2.71. The maximum atomic E-state index is 13.1. The van der Waals surface area contributed by atoms with Crippen LogP contribution in [0.4, 0.5) is 0 Å². The van der Waals surface area contributed by atoms with E-state index in [-0.39, 0.29) is 44.8 Å². The van der Waals surface area contributed by atoms with Crippen LogP contribution in [0.3, 0.4) is 0 Å². The van der Waals surface area contributed by atoms with Crippen molar-refractivity contribution in [3.8, 4) is 0 Å². The summed E-state index contributed by atoms with van der Waals surface area (Å²) in [5.41, 5.74) is 28.5. The molecule has 15 atom stereocenters. The van der Waals surface area contributed by atoms with E-state index in [1.54, 1.807) is 0 Å². The Morgan fingerprint density at radius 3 is 2.29 bits per heavy atom. The molecular weight excluding hydrogens is 598 g/mol. The number of aliphatic hydroxyl groups excluding tert-OH is 6. The lowest BCUT2D eigenvalue weighted by molar-refractivity contribution is -0.306. The van der Waals surface area contributed by atoms with Crippen LogP contribution in [0.25, 0.3) is 0 Å². The highest BCUT2D eigenvalue weighted by Gasteiger charge is 2.55. The molecule has 19 N–H and O–H groups in total. The second-order valence-corrected chi connectivity index (χ2v) is 13.1. The molecule has 15 unspecified atom stereocenters. The fourth-order valence-corrected chi connectivity index (χ4v) is 6.93. The minimum atomic E-state index is -1.71. The van der Waals surface area contributed by atoms with E-state index in [1.807, 2.05) is 0 Å². The lowest BCUT2D eigenvalue weighted by atomic mass is 9.71. The Hall–Kier alpha value is -1.17. The molecule has 0 aromatic rings. The van der Waals surface area contributed by atoms with Gasteiger partial charge in [0, 0.05) is 50.0 Å². The van der Waals surface area contributed by atoms with Gasteiger partial charge in [-0.3, -0.25) is 4.79 Å². The van der Waals surface area contributed by atoms with Crippen LogP contribution in [0.1, 0.15) is 32.1 Å². The molecule has 4 rings (SSSR count). The lowest BCUT2D eigenvalue weighted by Gasteiger charge is -2.52. The molecule has 0 radical (unpaired) electrons. The van der Waals surface area contributed by atoms with Gasteiger partial charge in [0.1, 0.15) is 30.0 Å². The van der Waals surface area contributed by atoms with Crippen molar-refractivity contribution in [1.29, 1.82) is 0 Å². The topological polar surface area (TPSA) is 341 Å². The van der Waals surface area contributed by atoms with E-state index in [2.05, 4.69) is 10.6 Å². The second-order valence-electron chi connectivity index (χ2n) is 13.1. The molecule has 0 spiro atoms. The van der Waals surface area contributed by atoms with Crippen molar-refractivity contribution in [2.75, 3.05) is 26.2 Å². The third-order valence-corrected chi connectivity index (χ3v) is 9.62. The number of ether oxygens (including phenoxy) is 3. The third-order valence-electron chi connectivity index (χ3n) is 9.62. The van der Waals surface area contributed by atoms with Gasteiger partial charge in [0.2, 0.25) is 0 Å². The quantitative estimate of drug-likeness (QED) is 0.0931. The van der Waals surface area contributed by atoms with Crippen LogP contribution >= 0.6 is 0 Å². The first-order chi connectivity index (χ1) is 21.2. The van der Waals surface area contributed by atoms with E-state index in [4.69, 9.17) is 42.9 Å². The average molecular weight is 652 g/mol. The van der Waals surface area contributed by atoms with Gasteiger partial charge in [0.05, 0.1) is 49.2 Å². The van der Waals surface area contributed by atoms with Gasteiger partial charge in [-0.25, -0.2) is 0 Å². The van der Waals surface area contributed by atoms with Gasteiger partial charge in [-0.1, -0.05) is 0 Å². The minimum absolute atomic E-state index is 0.0184. The molecule has 2 aliphatic carbocycles. The zero-order valence-electron chi connectivity index (χ0n) is 25.3. The van der Waals surface area contributed by atoms with Gasteiger partial charge >= 0.3 is 0 Å². The number of nitrogens with one attached hydrogen (secondary N) is 2. The van der Waals surface area contributed by atoms with Gasteiger partial charge in [0.15, 0.2) is 6.29 Å². The SMILES string of the molecule is NCCC(O)CNCC1OC(C2C(N)CC(NC(=O)C3(O)CC(N)C3)C(OC3OC(CO)C(O)C(N)C3O)C2O)C(N)CC1O. The summed E-state index contributed by atoms with van der Waals surface area (Å²) in [6.45, 7) is 0.0546. The standard InChI is InChI=1S/C27H53N7O11/c28-2-1-11(36)7-33-8-16-15(37)4-13(31)23(43-16)18-12(30)3-14(34-26(41)27(42)5-10(29)6-27)24(21(18)39)45-25-22(40)19(32)20(38)17(9-35)44-25/h10-25,33,35-40,42H,1-9,28-32H2,(H,34,41). The second kappa shape index (κ2) is 15.4. The van der Waals surface area contributed by atoms with E-state index in [0.717, 1.165) is 0 Å². The molecule has 0 bridgehead atoms. The van der Waals surface area contributed by atoms with Crippen molar-refractivity contribution < 1.29 is 54.8 Å². The Balaban J connectivity index is 1.54. The Morgan fingerprint density at radius 2 is 1.67 bits per heavy atom. The van der Waals surface area contributed by atoms with Crippen LogP contribution in [0.15, 0.2) is 0 Å². The molecule has 0 aromatic carbocycles. The van der Waals surface area contributed by atoms with Crippen molar-refractivity contribution in [2.45, 2.75) is 129 Å². The molecular formula is C27H53N7O11. The summed E-state index contributed by atoms with van der Waals surface area (Å²) in [5, 5.41) is 79.7. The van der Waals surface area contributed by atoms with E-state index >= 15 is 0 Å². The van der Waals surface area contributed by atoms with Crippen molar-refractivity contribution in [3.63, 3.8) is 0 Å². The van der Waals surface area contributed by atoms with Crippen LogP contribution in [0, 0.1) is 5.92 Å².